The fourth-order valence-corrected chi connectivity index (χ4v) is 1.99. The Morgan fingerprint density at radius 1 is 1.15 bits per heavy atom. The zero-order chi connectivity index (χ0) is 14.6. The number of carbonyl (C=O) groups excluding carboxylic acids is 1. The van der Waals surface area contributed by atoms with Crippen LogP contribution in [0.5, 0.6) is 0 Å². The van der Waals surface area contributed by atoms with Gasteiger partial charge in [-0.25, -0.2) is 0 Å². The molecule has 2 nitrogen and oxygen atoms in total. The number of hydrogen-bond acceptors (Lipinski definition) is 1. The molecule has 1 heterocycles. The zero-order valence-corrected chi connectivity index (χ0v) is 12.3. The molecule has 0 aliphatic carbocycles. The fraction of sp³-hybridized carbons (Fsp3) is 0.278. The summed E-state index contributed by atoms with van der Waals surface area (Å²) < 4.78 is 0. The SMILES string of the molecule is CC(C)(C)/C=C/C1C=CC=CN1C(=O)c1ccccc1. The Hall–Kier alpha value is -2.09. The molecule has 2 heteroatoms. The highest BCUT2D eigenvalue weighted by Crippen LogP contribution is 2.19. The van der Waals surface area contributed by atoms with Crippen LogP contribution in [0.2, 0.25) is 0 Å². The van der Waals surface area contributed by atoms with Gasteiger partial charge in [0.05, 0.1) is 6.04 Å². The first-order valence-electron chi connectivity index (χ1n) is 6.89. The third-order valence-corrected chi connectivity index (χ3v) is 3.04. The summed E-state index contributed by atoms with van der Waals surface area (Å²) in [5.41, 5.74) is 0.817. The van der Waals surface area contributed by atoms with Gasteiger partial charge in [0, 0.05) is 11.8 Å². The summed E-state index contributed by atoms with van der Waals surface area (Å²) in [5.74, 6) is 0.0229. The van der Waals surface area contributed by atoms with Gasteiger partial charge in [-0.05, 0) is 23.6 Å². The van der Waals surface area contributed by atoms with E-state index in [4.69, 9.17) is 0 Å². The van der Waals surface area contributed by atoms with Crippen LogP contribution in [0.15, 0.2) is 66.9 Å². The standard InChI is InChI=1S/C18H21NO/c1-18(2,3)13-12-16-11-7-8-14-19(16)17(20)15-9-5-4-6-10-15/h4-14,16H,1-3H3/b13-12+. The van der Waals surface area contributed by atoms with Gasteiger partial charge in [-0.1, -0.05) is 63.3 Å². The lowest BCUT2D eigenvalue weighted by Crippen LogP contribution is -2.35. The van der Waals surface area contributed by atoms with Crippen LogP contribution in [0, 0.1) is 5.41 Å². The lowest BCUT2D eigenvalue weighted by Gasteiger charge is -2.27. The predicted molar refractivity (Wildman–Crippen MR) is 83.3 cm³/mol. The van der Waals surface area contributed by atoms with E-state index in [1.165, 1.54) is 0 Å². The van der Waals surface area contributed by atoms with E-state index in [1.807, 2.05) is 54.8 Å². The van der Waals surface area contributed by atoms with Crippen molar-refractivity contribution in [2.45, 2.75) is 26.8 Å². The molecule has 0 saturated heterocycles. The molecule has 0 spiro atoms. The molecule has 0 radical (unpaired) electrons. The Kier molecular flexibility index (Phi) is 4.23. The largest absolute Gasteiger partial charge is 0.305 e. The Morgan fingerprint density at radius 2 is 1.85 bits per heavy atom. The number of rotatable bonds is 2. The van der Waals surface area contributed by atoms with Crippen LogP contribution >= 0.6 is 0 Å². The smallest absolute Gasteiger partial charge is 0.258 e. The molecular weight excluding hydrogens is 246 g/mol. The summed E-state index contributed by atoms with van der Waals surface area (Å²) in [4.78, 5) is 14.3. The number of nitrogens with zero attached hydrogens (tertiary/aromatic N) is 1. The molecule has 20 heavy (non-hydrogen) atoms. The molecule has 1 aromatic carbocycles. The van der Waals surface area contributed by atoms with Gasteiger partial charge >= 0.3 is 0 Å². The van der Waals surface area contributed by atoms with Crippen molar-refractivity contribution in [1.29, 1.82) is 0 Å². The van der Waals surface area contributed by atoms with E-state index in [2.05, 4.69) is 32.9 Å². The quantitative estimate of drug-likeness (QED) is 0.736. The summed E-state index contributed by atoms with van der Waals surface area (Å²) in [6, 6.07) is 9.36. The van der Waals surface area contributed by atoms with E-state index in [9.17, 15) is 4.79 Å². The van der Waals surface area contributed by atoms with Crippen molar-refractivity contribution >= 4 is 5.91 Å². The van der Waals surface area contributed by atoms with Gasteiger partial charge in [-0.2, -0.15) is 0 Å². The number of amides is 1. The minimum absolute atomic E-state index is 0.0214. The Balaban J connectivity index is 2.21. The second-order valence-corrected chi connectivity index (χ2v) is 6.02. The first-order valence-corrected chi connectivity index (χ1v) is 6.89. The third kappa shape index (κ3) is 3.70. The van der Waals surface area contributed by atoms with Gasteiger partial charge < -0.3 is 4.90 Å². The molecule has 0 fully saturated rings. The average Bonchev–Trinajstić information content (AvgIpc) is 2.45. The maximum atomic E-state index is 12.5. The van der Waals surface area contributed by atoms with Crippen LogP contribution in [0.25, 0.3) is 0 Å². The summed E-state index contributed by atoms with van der Waals surface area (Å²) in [6.07, 6.45) is 12.0. The van der Waals surface area contributed by atoms with E-state index >= 15 is 0 Å². The van der Waals surface area contributed by atoms with Crippen LogP contribution in [0.1, 0.15) is 31.1 Å². The number of allylic oxidation sites excluding steroid dienone is 3. The van der Waals surface area contributed by atoms with Crippen LogP contribution in [0.3, 0.4) is 0 Å². The maximum absolute atomic E-state index is 12.5. The van der Waals surface area contributed by atoms with Crippen molar-refractivity contribution in [2.24, 2.45) is 5.41 Å². The van der Waals surface area contributed by atoms with Crippen LogP contribution in [-0.2, 0) is 0 Å². The number of hydrogen-bond donors (Lipinski definition) is 0. The molecule has 0 N–H and O–H groups in total. The van der Waals surface area contributed by atoms with Crippen molar-refractivity contribution in [3.05, 3.63) is 72.5 Å². The summed E-state index contributed by atoms with van der Waals surface area (Å²) >= 11 is 0. The van der Waals surface area contributed by atoms with Crippen molar-refractivity contribution in [2.75, 3.05) is 0 Å². The highest BCUT2D eigenvalue weighted by atomic mass is 16.2. The topological polar surface area (TPSA) is 20.3 Å². The zero-order valence-electron chi connectivity index (χ0n) is 12.3. The van der Waals surface area contributed by atoms with Crippen LogP contribution < -0.4 is 0 Å². The van der Waals surface area contributed by atoms with Crippen LogP contribution in [0.4, 0.5) is 0 Å². The molecule has 1 amide bonds. The summed E-state index contributed by atoms with van der Waals surface area (Å²) in [7, 11) is 0. The second kappa shape index (κ2) is 5.91. The second-order valence-electron chi connectivity index (χ2n) is 6.02. The first-order chi connectivity index (χ1) is 9.47. The Morgan fingerprint density at radius 3 is 2.50 bits per heavy atom. The van der Waals surface area contributed by atoms with Crippen molar-refractivity contribution < 1.29 is 4.79 Å². The highest BCUT2D eigenvalue weighted by Gasteiger charge is 2.20. The molecule has 104 valence electrons. The highest BCUT2D eigenvalue weighted by molar-refractivity contribution is 5.95. The molecule has 1 aliphatic heterocycles. The molecule has 0 bridgehead atoms. The molecule has 0 aromatic heterocycles. The number of carbonyl (C=O) groups is 1. The first kappa shape index (κ1) is 14.3. The van der Waals surface area contributed by atoms with Gasteiger partial charge in [0.2, 0.25) is 0 Å². The van der Waals surface area contributed by atoms with Crippen molar-refractivity contribution in [1.82, 2.24) is 4.90 Å². The van der Waals surface area contributed by atoms with E-state index < -0.39 is 0 Å². The van der Waals surface area contributed by atoms with E-state index in [0.29, 0.717) is 5.56 Å². The molecule has 1 aliphatic rings. The van der Waals surface area contributed by atoms with Crippen LogP contribution in [-0.4, -0.2) is 16.8 Å². The van der Waals surface area contributed by atoms with E-state index in [1.54, 1.807) is 4.90 Å². The van der Waals surface area contributed by atoms with Gasteiger partial charge in [0.15, 0.2) is 0 Å². The van der Waals surface area contributed by atoms with Crippen molar-refractivity contribution in [3.8, 4) is 0 Å². The minimum atomic E-state index is -0.0214. The molecule has 1 atom stereocenters. The summed E-state index contributed by atoms with van der Waals surface area (Å²) in [5, 5.41) is 0. The minimum Gasteiger partial charge on any atom is -0.305 e. The van der Waals surface area contributed by atoms with E-state index in [-0.39, 0.29) is 17.4 Å². The lowest BCUT2D eigenvalue weighted by atomic mass is 9.95. The molecular formula is C18H21NO. The maximum Gasteiger partial charge on any atom is 0.258 e. The van der Waals surface area contributed by atoms with Gasteiger partial charge in [0.25, 0.3) is 5.91 Å². The third-order valence-electron chi connectivity index (χ3n) is 3.04. The van der Waals surface area contributed by atoms with Gasteiger partial charge in [-0.3, -0.25) is 4.79 Å². The monoisotopic (exact) mass is 267 g/mol. The summed E-state index contributed by atoms with van der Waals surface area (Å²) in [6.45, 7) is 6.44. The number of benzene rings is 1. The normalized spacial score (nSPS) is 18.8. The van der Waals surface area contributed by atoms with Gasteiger partial charge in [-0.15, -0.1) is 0 Å². The lowest BCUT2D eigenvalue weighted by molar-refractivity contribution is 0.0809. The van der Waals surface area contributed by atoms with E-state index in [0.717, 1.165) is 0 Å². The fourth-order valence-electron chi connectivity index (χ4n) is 1.99. The molecule has 1 aromatic rings. The predicted octanol–water partition coefficient (Wildman–Crippen LogP) is 4.18. The van der Waals surface area contributed by atoms with Gasteiger partial charge in [0.1, 0.15) is 0 Å². The Labute approximate surface area is 121 Å². The molecule has 2 rings (SSSR count). The van der Waals surface area contributed by atoms with Crippen molar-refractivity contribution in [3.63, 3.8) is 0 Å². The molecule has 1 unspecified atom stereocenters. The average molecular weight is 267 g/mol. The Bertz CT molecular complexity index is 547. The molecule has 0 saturated carbocycles.